The number of aromatic nitrogens is 3. The minimum absolute atomic E-state index is 0.114. The van der Waals surface area contributed by atoms with Crippen LogP contribution in [0.2, 0.25) is 0 Å². The van der Waals surface area contributed by atoms with Crippen molar-refractivity contribution in [1.29, 1.82) is 0 Å². The molecule has 0 spiro atoms. The minimum atomic E-state index is -4.37. The maximum absolute atomic E-state index is 11.5. The van der Waals surface area contributed by atoms with Crippen molar-refractivity contribution in [2.45, 2.75) is 56.7 Å². The fraction of sp³-hybridized carbons (Fsp3) is 0.455. The van der Waals surface area contributed by atoms with E-state index in [1.165, 1.54) is 12.6 Å². The van der Waals surface area contributed by atoms with Crippen LogP contribution in [0.4, 0.5) is 0 Å². The molecule has 0 bridgehead atoms. The second kappa shape index (κ2) is 7.98. The topological polar surface area (TPSA) is 109 Å². The zero-order chi connectivity index (χ0) is 22.4. The standard InChI is InChI=1S/C22H28N4O4S/c1-22(2,15-7-5-4-6-8-15)13-18-17-9-10-26(21(17)24-14-23-18)16-11-19(20(27)12-16)25(3)31(28,29)30/h4-10,14,16,19-20,27H,11-13H2,1-3H3,(H,28,29,30)/t16-,19+,20+/m1/s1. The van der Waals surface area contributed by atoms with Gasteiger partial charge in [0, 0.05) is 24.7 Å². The number of aliphatic hydroxyl groups excluding tert-OH is 1. The molecular formula is C22H28N4O4S. The molecular weight excluding hydrogens is 416 g/mol. The van der Waals surface area contributed by atoms with Crippen molar-refractivity contribution in [3.05, 3.63) is 60.2 Å². The zero-order valence-electron chi connectivity index (χ0n) is 17.9. The maximum Gasteiger partial charge on any atom is 0.335 e. The largest absolute Gasteiger partial charge is 0.391 e. The van der Waals surface area contributed by atoms with Crippen molar-refractivity contribution < 1.29 is 18.1 Å². The molecule has 0 unspecified atom stereocenters. The molecule has 31 heavy (non-hydrogen) atoms. The Bertz CT molecular complexity index is 1180. The number of likely N-dealkylation sites (N-methyl/N-ethyl adjacent to an activating group) is 1. The third-order valence-corrected chi connectivity index (χ3v) is 7.45. The first-order chi connectivity index (χ1) is 14.6. The van der Waals surface area contributed by atoms with Gasteiger partial charge in [0.25, 0.3) is 0 Å². The fourth-order valence-corrected chi connectivity index (χ4v) is 5.19. The highest BCUT2D eigenvalue weighted by Crippen LogP contribution is 2.37. The van der Waals surface area contributed by atoms with Crippen LogP contribution in [0.3, 0.4) is 0 Å². The molecule has 1 aliphatic carbocycles. The van der Waals surface area contributed by atoms with E-state index in [1.54, 1.807) is 6.33 Å². The highest BCUT2D eigenvalue weighted by Gasteiger charge is 2.40. The molecule has 2 heterocycles. The van der Waals surface area contributed by atoms with Crippen molar-refractivity contribution in [2.24, 2.45) is 0 Å². The van der Waals surface area contributed by atoms with E-state index in [1.807, 2.05) is 35.0 Å². The molecule has 0 amide bonds. The van der Waals surface area contributed by atoms with Crippen LogP contribution < -0.4 is 0 Å². The second-order valence-electron chi connectivity index (χ2n) is 8.96. The molecule has 1 aliphatic rings. The van der Waals surface area contributed by atoms with Crippen LogP contribution in [0, 0.1) is 0 Å². The van der Waals surface area contributed by atoms with Gasteiger partial charge in [-0.25, -0.2) is 9.97 Å². The molecule has 3 atom stereocenters. The Kier molecular flexibility index (Phi) is 5.63. The van der Waals surface area contributed by atoms with E-state index in [4.69, 9.17) is 0 Å². The summed E-state index contributed by atoms with van der Waals surface area (Å²) in [5.41, 5.74) is 2.83. The number of benzene rings is 1. The third kappa shape index (κ3) is 4.23. The number of aliphatic hydroxyl groups is 1. The van der Waals surface area contributed by atoms with E-state index in [-0.39, 0.29) is 11.5 Å². The van der Waals surface area contributed by atoms with E-state index >= 15 is 0 Å². The van der Waals surface area contributed by atoms with Gasteiger partial charge in [-0.05, 0) is 36.3 Å². The summed E-state index contributed by atoms with van der Waals surface area (Å²) in [4.78, 5) is 9.04. The molecule has 8 nitrogen and oxygen atoms in total. The van der Waals surface area contributed by atoms with Crippen molar-refractivity contribution in [3.8, 4) is 0 Å². The number of hydrogen-bond acceptors (Lipinski definition) is 5. The lowest BCUT2D eigenvalue weighted by molar-refractivity contribution is 0.117. The predicted octanol–water partition coefficient (Wildman–Crippen LogP) is 2.75. The van der Waals surface area contributed by atoms with Gasteiger partial charge >= 0.3 is 10.3 Å². The molecule has 4 rings (SSSR count). The predicted molar refractivity (Wildman–Crippen MR) is 118 cm³/mol. The van der Waals surface area contributed by atoms with E-state index in [0.29, 0.717) is 12.8 Å². The first-order valence-electron chi connectivity index (χ1n) is 10.3. The van der Waals surface area contributed by atoms with E-state index < -0.39 is 22.4 Å². The third-order valence-electron chi connectivity index (χ3n) is 6.45. The van der Waals surface area contributed by atoms with E-state index in [2.05, 4.69) is 35.9 Å². The Morgan fingerprint density at radius 3 is 2.55 bits per heavy atom. The van der Waals surface area contributed by atoms with E-state index in [9.17, 15) is 18.1 Å². The van der Waals surface area contributed by atoms with Crippen LogP contribution in [-0.4, -0.2) is 56.1 Å². The highest BCUT2D eigenvalue weighted by atomic mass is 32.2. The van der Waals surface area contributed by atoms with Gasteiger partial charge in [0.2, 0.25) is 0 Å². The highest BCUT2D eigenvalue weighted by molar-refractivity contribution is 7.83. The van der Waals surface area contributed by atoms with Crippen molar-refractivity contribution in [1.82, 2.24) is 18.8 Å². The van der Waals surface area contributed by atoms with Crippen LogP contribution in [0.25, 0.3) is 11.0 Å². The number of fused-ring (bicyclic) bond motifs is 1. The molecule has 3 aromatic rings. The normalized spacial score (nSPS) is 22.5. The molecule has 1 saturated carbocycles. The lowest BCUT2D eigenvalue weighted by Gasteiger charge is -2.25. The smallest absolute Gasteiger partial charge is 0.335 e. The monoisotopic (exact) mass is 444 g/mol. The van der Waals surface area contributed by atoms with Gasteiger partial charge in [-0.2, -0.15) is 12.7 Å². The molecule has 1 fully saturated rings. The summed E-state index contributed by atoms with van der Waals surface area (Å²) < 4.78 is 35.2. The van der Waals surface area contributed by atoms with Crippen molar-refractivity contribution in [3.63, 3.8) is 0 Å². The second-order valence-corrected chi connectivity index (χ2v) is 10.4. The molecule has 9 heteroatoms. The lowest BCUT2D eigenvalue weighted by Crippen LogP contribution is -2.41. The molecule has 0 saturated heterocycles. The summed E-state index contributed by atoms with van der Waals surface area (Å²) in [6.07, 6.45) is 4.11. The number of rotatable bonds is 6. The Morgan fingerprint density at radius 1 is 1.16 bits per heavy atom. The van der Waals surface area contributed by atoms with Crippen molar-refractivity contribution >= 4 is 21.3 Å². The van der Waals surface area contributed by atoms with Crippen LogP contribution in [0.15, 0.2) is 48.9 Å². The fourth-order valence-electron chi connectivity index (χ4n) is 4.63. The van der Waals surface area contributed by atoms with Gasteiger partial charge in [-0.15, -0.1) is 0 Å². The Balaban J connectivity index is 1.63. The minimum Gasteiger partial charge on any atom is -0.391 e. The Labute approximate surface area is 182 Å². The van der Waals surface area contributed by atoms with Gasteiger partial charge in [-0.1, -0.05) is 44.2 Å². The van der Waals surface area contributed by atoms with Gasteiger partial charge in [0.15, 0.2) is 0 Å². The SMILES string of the molecule is CN([C@H]1C[C@@H](n2ccc3c(CC(C)(C)c4ccccc4)ncnc32)C[C@@H]1O)S(=O)(=O)O. The molecule has 2 N–H and O–H groups in total. The van der Waals surface area contributed by atoms with Gasteiger partial charge in [-0.3, -0.25) is 4.55 Å². The number of hydrogen-bond donors (Lipinski definition) is 2. The van der Waals surface area contributed by atoms with Gasteiger partial charge in [0.05, 0.1) is 17.8 Å². The molecule has 166 valence electrons. The lowest BCUT2D eigenvalue weighted by atomic mass is 9.80. The van der Waals surface area contributed by atoms with Crippen LogP contribution in [0.5, 0.6) is 0 Å². The Hall–Kier alpha value is -2.33. The summed E-state index contributed by atoms with van der Waals surface area (Å²) >= 11 is 0. The molecule has 0 radical (unpaired) electrons. The average molecular weight is 445 g/mol. The number of nitrogens with zero attached hydrogens (tertiary/aromatic N) is 4. The summed E-state index contributed by atoms with van der Waals surface area (Å²) in [5, 5.41) is 11.4. The van der Waals surface area contributed by atoms with Crippen molar-refractivity contribution in [2.75, 3.05) is 7.05 Å². The maximum atomic E-state index is 11.5. The first kappa shape index (κ1) is 21.9. The van der Waals surface area contributed by atoms with Crippen LogP contribution >= 0.6 is 0 Å². The first-order valence-corrected chi connectivity index (χ1v) is 11.7. The zero-order valence-corrected chi connectivity index (χ0v) is 18.7. The van der Waals surface area contributed by atoms with Crippen LogP contribution in [-0.2, 0) is 22.1 Å². The summed E-state index contributed by atoms with van der Waals surface area (Å²) in [7, 11) is -3.09. The van der Waals surface area contributed by atoms with Gasteiger partial charge in [0.1, 0.15) is 12.0 Å². The summed E-state index contributed by atoms with van der Waals surface area (Å²) in [6, 6.07) is 11.5. The summed E-state index contributed by atoms with van der Waals surface area (Å²) in [5.74, 6) is 0. The van der Waals surface area contributed by atoms with Crippen LogP contribution in [0.1, 0.15) is 44.0 Å². The molecule has 1 aromatic carbocycles. The quantitative estimate of drug-likeness (QED) is 0.566. The Morgan fingerprint density at radius 2 is 1.87 bits per heavy atom. The van der Waals surface area contributed by atoms with Gasteiger partial charge < -0.3 is 9.67 Å². The summed E-state index contributed by atoms with van der Waals surface area (Å²) in [6.45, 7) is 4.38. The average Bonchev–Trinajstić information content (AvgIpc) is 3.31. The molecule has 2 aromatic heterocycles. The molecule has 0 aliphatic heterocycles. The van der Waals surface area contributed by atoms with E-state index in [0.717, 1.165) is 27.5 Å².